The first-order valence-corrected chi connectivity index (χ1v) is 7.91. The van der Waals surface area contributed by atoms with E-state index in [1.165, 1.54) is 7.11 Å². The van der Waals surface area contributed by atoms with Crippen LogP contribution in [0.5, 0.6) is 0 Å². The molecule has 8 heteroatoms. The fourth-order valence-corrected chi connectivity index (χ4v) is 3.88. The standard InChI is InChI=1S/C12H13Br3N2O3/c1-17(6-11(19)20-2)5-10(18)16-12-8(14)3-7(13)4-9(12)15/h3-4H,5-6H2,1-2H3,(H,16,18). The molecule has 0 heterocycles. The minimum absolute atomic E-state index is 0.0621. The molecular weight excluding hydrogens is 460 g/mol. The van der Waals surface area contributed by atoms with Gasteiger partial charge in [-0.1, -0.05) is 15.9 Å². The van der Waals surface area contributed by atoms with Gasteiger partial charge < -0.3 is 10.1 Å². The van der Waals surface area contributed by atoms with E-state index in [0.29, 0.717) is 5.69 Å². The molecule has 0 radical (unpaired) electrons. The van der Waals surface area contributed by atoms with E-state index in [2.05, 4.69) is 57.8 Å². The zero-order valence-corrected chi connectivity index (χ0v) is 15.6. The quantitative estimate of drug-likeness (QED) is 0.669. The summed E-state index contributed by atoms with van der Waals surface area (Å²) in [5.41, 5.74) is 0.643. The van der Waals surface area contributed by atoms with Crippen molar-refractivity contribution in [3.8, 4) is 0 Å². The number of benzene rings is 1. The number of hydrogen-bond acceptors (Lipinski definition) is 4. The SMILES string of the molecule is COC(=O)CN(C)CC(=O)Nc1c(Br)cc(Br)cc1Br. The Morgan fingerprint density at radius 2 is 1.75 bits per heavy atom. The maximum atomic E-state index is 11.9. The van der Waals surface area contributed by atoms with Crippen molar-refractivity contribution < 1.29 is 14.3 Å². The van der Waals surface area contributed by atoms with Crippen molar-refractivity contribution in [2.75, 3.05) is 32.6 Å². The Hall–Kier alpha value is -0.440. The summed E-state index contributed by atoms with van der Waals surface area (Å²) in [6.07, 6.45) is 0. The first-order chi connectivity index (χ1) is 9.33. The second-order valence-electron chi connectivity index (χ2n) is 4.04. The van der Waals surface area contributed by atoms with Gasteiger partial charge in [0.2, 0.25) is 5.91 Å². The van der Waals surface area contributed by atoms with Crippen molar-refractivity contribution in [3.05, 3.63) is 25.6 Å². The van der Waals surface area contributed by atoms with Crippen molar-refractivity contribution in [3.63, 3.8) is 0 Å². The van der Waals surface area contributed by atoms with Crippen LogP contribution in [0.15, 0.2) is 25.6 Å². The molecule has 1 aromatic carbocycles. The zero-order valence-electron chi connectivity index (χ0n) is 10.9. The van der Waals surface area contributed by atoms with E-state index in [0.717, 1.165) is 13.4 Å². The molecule has 110 valence electrons. The molecule has 1 amide bonds. The summed E-state index contributed by atoms with van der Waals surface area (Å²) in [6, 6.07) is 3.66. The van der Waals surface area contributed by atoms with Gasteiger partial charge in [0.15, 0.2) is 0 Å². The number of anilines is 1. The van der Waals surface area contributed by atoms with Crippen LogP contribution in [0.4, 0.5) is 5.69 Å². The van der Waals surface area contributed by atoms with Crippen molar-refractivity contribution in [1.29, 1.82) is 0 Å². The van der Waals surface area contributed by atoms with Crippen LogP contribution in [0.3, 0.4) is 0 Å². The maximum Gasteiger partial charge on any atom is 0.319 e. The van der Waals surface area contributed by atoms with E-state index in [1.54, 1.807) is 11.9 Å². The lowest BCUT2D eigenvalue weighted by atomic mass is 10.3. The number of nitrogens with zero attached hydrogens (tertiary/aromatic N) is 1. The molecular formula is C12H13Br3N2O3. The Morgan fingerprint density at radius 3 is 2.25 bits per heavy atom. The fraction of sp³-hybridized carbons (Fsp3) is 0.333. The number of carbonyl (C=O) groups is 2. The normalized spacial score (nSPS) is 10.5. The topological polar surface area (TPSA) is 58.6 Å². The van der Waals surface area contributed by atoms with Crippen LogP contribution >= 0.6 is 47.8 Å². The lowest BCUT2D eigenvalue weighted by molar-refractivity contribution is -0.141. The number of esters is 1. The summed E-state index contributed by atoms with van der Waals surface area (Å²) in [5, 5.41) is 2.78. The number of likely N-dealkylation sites (N-methyl/N-ethyl adjacent to an activating group) is 1. The van der Waals surface area contributed by atoms with Gasteiger partial charge in [-0.05, 0) is 51.0 Å². The molecule has 0 aliphatic heterocycles. The van der Waals surface area contributed by atoms with E-state index in [9.17, 15) is 9.59 Å². The number of hydrogen-bond donors (Lipinski definition) is 1. The highest BCUT2D eigenvalue weighted by molar-refractivity contribution is 9.11. The molecule has 0 aliphatic carbocycles. The highest BCUT2D eigenvalue weighted by Crippen LogP contribution is 2.34. The van der Waals surface area contributed by atoms with Crippen LogP contribution in [0.25, 0.3) is 0 Å². The average Bonchev–Trinajstić information content (AvgIpc) is 2.33. The molecule has 1 N–H and O–H groups in total. The molecule has 0 unspecified atom stereocenters. The summed E-state index contributed by atoms with van der Waals surface area (Å²) in [5.74, 6) is -0.605. The van der Waals surface area contributed by atoms with E-state index in [4.69, 9.17) is 0 Å². The van der Waals surface area contributed by atoms with E-state index >= 15 is 0 Å². The molecule has 1 aromatic rings. The lowest BCUT2D eigenvalue weighted by Gasteiger charge is -2.16. The largest absolute Gasteiger partial charge is 0.468 e. The zero-order chi connectivity index (χ0) is 15.3. The molecule has 0 aliphatic rings. The predicted molar refractivity (Wildman–Crippen MR) is 87.7 cm³/mol. The van der Waals surface area contributed by atoms with E-state index in [1.807, 2.05) is 12.1 Å². The molecule has 5 nitrogen and oxygen atoms in total. The smallest absolute Gasteiger partial charge is 0.319 e. The number of halogens is 3. The van der Waals surface area contributed by atoms with E-state index < -0.39 is 0 Å². The third-order valence-corrected chi connectivity index (χ3v) is 4.02. The van der Waals surface area contributed by atoms with Gasteiger partial charge in [-0.3, -0.25) is 14.5 Å². The summed E-state index contributed by atoms with van der Waals surface area (Å²) in [6.45, 7) is 0.149. The first kappa shape index (κ1) is 17.6. The van der Waals surface area contributed by atoms with Crippen LogP contribution < -0.4 is 5.32 Å². The minimum atomic E-state index is -0.383. The molecule has 20 heavy (non-hydrogen) atoms. The van der Waals surface area contributed by atoms with Crippen LogP contribution in [0.2, 0.25) is 0 Å². The molecule has 0 spiro atoms. The van der Waals surface area contributed by atoms with Gasteiger partial charge in [0, 0.05) is 13.4 Å². The molecule has 0 saturated heterocycles. The van der Waals surface area contributed by atoms with Crippen LogP contribution in [-0.2, 0) is 14.3 Å². The van der Waals surface area contributed by atoms with Gasteiger partial charge in [-0.2, -0.15) is 0 Å². The molecule has 0 saturated carbocycles. The van der Waals surface area contributed by atoms with Gasteiger partial charge in [0.05, 0.1) is 25.9 Å². The van der Waals surface area contributed by atoms with Crippen LogP contribution in [0, 0.1) is 0 Å². The number of carbonyl (C=O) groups excluding carboxylic acids is 2. The van der Waals surface area contributed by atoms with Gasteiger partial charge in [-0.25, -0.2) is 0 Å². The van der Waals surface area contributed by atoms with E-state index in [-0.39, 0.29) is 25.0 Å². The number of amides is 1. The molecule has 0 aromatic heterocycles. The Bertz CT molecular complexity index is 500. The van der Waals surface area contributed by atoms with Gasteiger partial charge in [-0.15, -0.1) is 0 Å². The second-order valence-corrected chi connectivity index (χ2v) is 6.67. The third kappa shape index (κ3) is 5.51. The van der Waals surface area contributed by atoms with Gasteiger partial charge >= 0.3 is 5.97 Å². The molecule has 0 bridgehead atoms. The average molecular weight is 473 g/mol. The Balaban J connectivity index is 2.65. The van der Waals surface area contributed by atoms with Crippen molar-refractivity contribution in [2.45, 2.75) is 0 Å². The molecule has 0 atom stereocenters. The third-order valence-electron chi connectivity index (χ3n) is 2.31. The van der Waals surface area contributed by atoms with Crippen LogP contribution in [-0.4, -0.2) is 44.0 Å². The number of ether oxygens (including phenoxy) is 1. The highest BCUT2D eigenvalue weighted by atomic mass is 79.9. The molecule has 0 fully saturated rings. The van der Waals surface area contributed by atoms with Gasteiger partial charge in [0.1, 0.15) is 0 Å². The summed E-state index contributed by atoms with van der Waals surface area (Å²) in [4.78, 5) is 24.6. The number of rotatable bonds is 5. The summed E-state index contributed by atoms with van der Waals surface area (Å²) < 4.78 is 6.93. The second kappa shape index (κ2) is 8.11. The monoisotopic (exact) mass is 470 g/mol. The predicted octanol–water partition coefficient (Wildman–Crippen LogP) is 3.02. The van der Waals surface area contributed by atoms with Crippen molar-refractivity contribution in [2.24, 2.45) is 0 Å². The Morgan fingerprint density at radius 1 is 1.20 bits per heavy atom. The number of methoxy groups -OCH3 is 1. The van der Waals surface area contributed by atoms with Crippen molar-refractivity contribution >= 4 is 65.4 Å². The van der Waals surface area contributed by atoms with Gasteiger partial charge in [0.25, 0.3) is 0 Å². The molecule has 1 rings (SSSR count). The summed E-state index contributed by atoms with van der Waals surface area (Å²) in [7, 11) is 2.98. The highest BCUT2D eigenvalue weighted by Gasteiger charge is 2.14. The maximum absolute atomic E-state index is 11.9. The Kier molecular flexibility index (Phi) is 7.14. The first-order valence-electron chi connectivity index (χ1n) is 5.53. The lowest BCUT2D eigenvalue weighted by Crippen LogP contribution is -2.34. The van der Waals surface area contributed by atoms with Crippen LogP contribution in [0.1, 0.15) is 0 Å². The van der Waals surface area contributed by atoms with Crippen molar-refractivity contribution in [1.82, 2.24) is 4.90 Å². The fourth-order valence-electron chi connectivity index (χ4n) is 1.43. The minimum Gasteiger partial charge on any atom is -0.468 e. The summed E-state index contributed by atoms with van der Waals surface area (Å²) >= 11 is 10.1. The number of nitrogens with one attached hydrogen (secondary N) is 1. The Labute approximate surface area is 142 Å².